The number of hydrogen-bond acceptors (Lipinski definition) is 2. The van der Waals surface area contributed by atoms with Gasteiger partial charge in [-0.15, -0.1) is 0 Å². The maximum atomic E-state index is 12.1. The number of carbonyl (C=O) groups is 2. The van der Waals surface area contributed by atoms with Crippen molar-refractivity contribution in [3.63, 3.8) is 0 Å². The minimum atomic E-state index is -0.446. The summed E-state index contributed by atoms with van der Waals surface area (Å²) in [5.41, 5.74) is 0.494. The van der Waals surface area contributed by atoms with Crippen molar-refractivity contribution in [3.05, 3.63) is 33.8 Å². The lowest BCUT2D eigenvalue weighted by Crippen LogP contribution is -2.59. The molecular formula is C16H18Cl2N2O2. The number of nitrogens with zero attached hydrogens (tertiary/aromatic N) is 1. The highest BCUT2D eigenvalue weighted by Crippen LogP contribution is 2.36. The molecule has 4 nitrogen and oxygen atoms in total. The predicted octanol–water partition coefficient (Wildman–Crippen LogP) is 3.26. The Balaban J connectivity index is 1.90. The summed E-state index contributed by atoms with van der Waals surface area (Å²) in [6.45, 7) is 1.73. The maximum Gasteiger partial charge on any atom is 0.317 e. The molecule has 0 spiro atoms. The molecule has 1 N–H and O–H groups in total. The Bertz CT molecular complexity index is 604. The Morgan fingerprint density at radius 3 is 2.73 bits per heavy atom. The Hall–Kier alpha value is -1.26. The molecule has 1 saturated carbocycles. The first-order valence-corrected chi connectivity index (χ1v) is 8.22. The van der Waals surface area contributed by atoms with E-state index < -0.39 is 5.41 Å². The number of carbonyl (C=O) groups excluding carboxylic acids is 2. The van der Waals surface area contributed by atoms with Gasteiger partial charge in [0, 0.05) is 31.5 Å². The van der Waals surface area contributed by atoms with Gasteiger partial charge in [0.1, 0.15) is 6.29 Å². The number of halogens is 2. The Kier molecular flexibility index (Phi) is 4.33. The number of benzene rings is 1. The average Bonchev–Trinajstić information content (AvgIpc) is 3.30. The van der Waals surface area contributed by atoms with E-state index in [4.69, 9.17) is 23.2 Å². The van der Waals surface area contributed by atoms with Crippen LogP contribution in [0.25, 0.3) is 0 Å². The highest BCUT2D eigenvalue weighted by atomic mass is 35.5. The molecule has 1 saturated heterocycles. The first kappa shape index (κ1) is 15.6. The van der Waals surface area contributed by atoms with Crippen LogP contribution in [-0.2, 0) is 10.2 Å². The number of urea groups is 1. The van der Waals surface area contributed by atoms with Gasteiger partial charge in [-0.05, 0) is 36.5 Å². The van der Waals surface area contributed by atoms with Crippen molar-refractivity contribution in [2.45, 2.75) is 24.7 Å². The van der Waals surface area contributed by atoms with E-state index in [9.17, 15) is 9.59 Å². The van der Waals surface area contributed by atoms with E-state index in [0.717, 1.165) is 18.4 Å². The molecule has 1 aliphatic heterocycles. The fourth-order valence-electron chi connectivity index (χ4n) is 3.04. The molecule has 6 heteroatoms. The number of hydrogen-bond donors (Lipinski definition) is 1. The molecule has 22 heavy (non-hydrogen) atoms. The van der Waals surface area contributed by atoms with Crippen molar-refractivity contribution in [2.24, 2.45) is 5.92 Å². The van der Waals surface area contributed by atoms with Crippen LogP contribution in [0.5, 0.6) is 0 Å². The van der Waals surface area contributed by atoms with Crippen LogP contribution in [0.2, 0.25) is 10.0 Å². The van der Waals surface area contributed by atoms with Gasteiger partial charge in [0.15, 0.2) is 0 Å². The van der Waals surface area contributed by atoms with Crippen molar-refractivity contribution in [3.8, 4) is 0 Å². The second kappa shape index (κ2) is 6.09. The zero-order valence-electron chi connectivity index (χ0n) is 12.1. The quantitative estimate of drug-likeness (QED) is 0.836. The molecule has 0 bridgehead atoms. The molecule has 1 atom stereocenters. The fraction of sp³-hybridized carbons (Fsp3) is 0.500. The molecule has 118 valence electrons. The van der Waals surface area contributed by atoms with E-state index in [2.05, 4.69) is 5.32 Å². The summed E-state index contributed by atoms with van der Waals surface area (Å²) in [5.74, 6) is 0.603. The highest BCUT2D eigenvalue weighted by molar-refractivity contribution is 6.42. The summed E-state index contributed by atoms with van der Waals surface area (Å²) in [5, 5.41) is 3.88. The first-order chi connectivity index (χ1) is 10.5. The molecule has 2 amide bonds. The SMILES string of the molecule is O=CCC1(c2ccc(Cl)c(Cl)c2)CNC(=O)N(CC2CC2)C1. The molecule has 0 radical (unpaired) electrons. The van der Waals surface area contributed by atoms with E-state index in [1.165, 1.54) is 12.8 Å². The van der Waals surface area contributed by atoms with E-state index in [1.54, 1.807) is 12.1 Å². The zero-order valence-corrected chi connectivity index (χ0v) is 13.7. The van der Waals surface area contributed by atoms with Crippen molar-refractivity contribution >= 4 is 35.5 Å². The molecule has 1 aromatic rings. The highest BCUT2D eigenvalue weighted by Gasteiger charge is 2.41. The molecule has 1 unspecified atom stereocenters. The molecule has 1 heterocycles. The molecule has 2 fully saturated rings. The van der Waals surface area contributed by atoms with E-state index in [0.29, 0.717) is 35.5 Å². The summed E-state index contributed by atoms with van der Waals surface area (Å²) in [4.78, 5) is 25.1. The fourth-order valence-corrected chi connectivity index (χ4v) is 3.34. The third-order valence-electron chi connectivity index (χ3n) is 4.54. The number of amides is 2. The summed E-state index contributed by atoms with van der Waals surface area (Å²) in [6, 6.07) is 5.39. The van der Waals surface area contributed by atoms with Crippen LogP contribution >= 0.6 is 23.2 Å². The molecule has 2 aliphatic rings. The van der Waals surface area contributed by atoms with Crippen molar-refractivity contribution in [2.75, 3.05) is 19.6 Å². The number of aldehydes is 1. The molecule has 3 rings (SSSR count). The Morgan fingerprint density at radius 2 is 2.09 bits per heavy atom. The Labute approximate surface area is 139 Å². The van der Waals surface area contributed by atoms with Crippen LogP contribution in [0.4, 0.5) is 4.79 Å². The van der Waals surface area contributed by atoms with Crippen molar-refractivity contribution in [1.82, 2.24) is 10.2 Å². The smallest absolute Gasteiger partial charge is 0.317 e. The summed E-state index contributed by atoms with van der Waals surface area (Å²) in [6.07, 6.45) is 3.61. The molecule has 1 aromatic carbocycles. The molecule has 0 aromatic heterocycles. The van der Waals surface area contributed by atoms with Gasteiger partial charge in [0.05, 0.1) is 10.0 Å². The first-order valence-electron chi connectivity index (χ1n) is 7.46. The van der Waals surface area contributed by atoms with Gasteiger partial charge in [0.25, 0.3) is 0 Å². The summed E-state index contributed by atoms with van der Waals surface area (Å²) >= 11 is 12.1. The van der Waals surface area contributed by atoms with Gasteiger partial charge in [-0.2, -0.15) is 0 Å². The zero-order chi connectivity index (χ0) is 15.7. The van der Waals surface area contributed by atoms with E-state index >= 15 is 0 Å². The van der Waals surface area contributed by atoms with Crippen LogP contribution in [0, 0.1) is 5.92 Å². The van der Waals surface area contributed by atoms with Crippen LogP contribution in [0.3, 0.4) is 0 Å². The van der Waals surface area contributed by atoms with Crippen LogP contribution < -0.4 is 5.32 Å². The third-order valence-corrected chi connectivity index (χ3v) is 5.28. The van der Waals surface area contributed by atoms with Gasteiger partial charge < -0.3 is 15.0 Å². The number of rotatable bonds is 5. The minimum absolute atomic E-state index is 0.0477. The van der Waals surface area contributed by atoms with Crippen molar-refractivity contribution in [1.29, 1.82) is 0 Å². The number of nitrogens with one attached hydrogen (secondary N) is 1. The summed E-state index contributed by atoms with van der Waals surface area (Å²) in [7, 11) is 0. The third kappa shape index (κ3) is 3.08. The van der Waals surface area contributed by atoms with Crippen LogP contribution in [0.15, 0.2) is 18.2 Å². The van der Waals surface area contributed by atoms with Gasteiger partial charge in [-0.1, -0.05) is 29.3 Å². The van der Waals surface area contributed by atoms with Gasteiger partial charge in [-0.25, -0.2) is 4.79 Å². The maximum absolute atomic E-state index is 12.1. The summed E-state index contributed by atoms with van der Waals surface area (Å²) < 4.78 is 0. The van der Waals surface area contributed by atoms with Crippen LogP contribution in [-0.4, -0.2) is 36.9 Å². The predicted molar refractivity (Wildman–Crippen MR) is 86.5 cm³/mol. The van der Waals surface area contributed by atoms with E-state index in [-0.39, 0.29) is 6.03 Å². The second-order valence-electron chi connectivity index (χ2n) is 6.26. The lowest BCUT2D eigenvalue weighted by Gasteiger charge is -2.42. The molecular weight excluding hydrogens is 323 g/mol. The topological polar surface area (TPSA) is 49.4 Å². The second-order valence-corrected chi connectivity index (χ2v) is 7.08. The minimum Gasteiger partial charge on any atom is -0.337 e. The van der Waals surface area contributed by atoms with Crippen LogP contribution in [0.1, 0.15) is 24.8 Å². The lowest BCUT2D eigenvalue weighted by atomic mass is 9.76. The van der Waals surface area contributed by atoms with Gasteiger partial charge in [0.2, 0.25) is 0 Å². The van der Waals surface area contributed by atoms with E-state index in [1.807, 2.05) is 11.0 Å². The standard InChI is InChI=1S/C16H18Cl2N2O2/c17-13-4-3-12(7-14(13)18)16(5-6-21)9-19-15(22)20(10-16)8-11-1-2-11/h3-4,6-7,11H,1-2,5,8-10H2,(H,19,22). The molecule has 1 aliphatic carbocycles. The lowest BCUT2D eigenvalue weighted by molar-refractivity contribution is -0.109. The average molecular weight is 341 g/mol. The normalized spacial score (nSPS) is 25.0. The largest absolute Gasteiger partial charge is 0.337 e. The van der Waals surface area contributed by atoms with Gasteiger partial charge >= 0.3 is 6.03 Å². The Morgan fingerprint density at radius 1 is 1.32 bits per heavy atom. The van der Waals surface area contributed by atoms with Gasteiger partial charge in [-0.3, -0.25) is 0 Å². The van der Waals surface area contributed by atoms with Crippen molar-refractivity contribution < 1.29 is 9.59 Å². The monoisotopic (exact) mass is 340 g/mol.